The van der Waals surface area contributed by atoms with Crippen LogP contribution < -0.4 is 16.8 Å². The van der Waals surface area contributed by atoms with E-state index in [4.69, 9.17) is 16.6 Å². The minimum Gasteiger partial charge on any atom is -0.465 e. The van der Waals surface area contributed by atoms with E-state index in [0.29, 0.717) is 11.6 Å². The zero-order chi connectivity index (χ0) is 23.9. The van der Waals surface area contributed by atoms with Crippen molar-refractivity contribution in [2.75, 3.05) is 11.5 Å². The Bertz CT molecular complexity index is 1380. The lowest BCUT2D eigenvalue weighted by atomic mass is 10.1. The summed E-state index contributed by atoms with van der Waals surface area (Å²) in [5.74, 6) is -4.60. The molecule has 13 heteroatoms. The molecule has 170 valence electrons. The Labute approximate surface area is 182 Å². The van der Waals surface area contributed by atoms with Crippen molar-refractivity contribution in [3.8, 4) is 5.95 Å². The Hall–Kier alpha value is -4.42. The number of hydrogen-bond acceptors (Lipinski definition) is 6. The van der Waals surface area contributed by atoms with Crippen LogP contribution in [0.3, 0.4) is 0 Å². The van der Waals surface area contributed by atoms with Gasteiger partial charge in [-0.25, -0.2) is 22.4 Å². The molecule has 33 heavy (non-hydrogen) atoms. The highest BCUT2D eigenvalue weighted by Gasteiger charge is 2.20. The second-order valence-electron chi connectivity index (χ2n) is 6.99. The molecule has 6 N–H and O–H groups in total. The minimum absolute atomic E-state index is 0.0887. The molecule has 1 amide bonds. The first-order valence-electron chi connectivity index (χ1n) is 9.33. The van der Waals surface area contributed by atoms with Crippen LogP contribution in [0.2, 0.25) is 0 Å². The van der Waals surface area contributed by atoms with Crippen molar-refractivity contribution in [3.05, 3.63) is 70.4 Å². The predicted molar refractivity (Wildman–Crippen MR) is 109 cm³/mol. The Kier molecular flexibility index (Phi) is 5.45. The number of hydrogen-bond donors (Lipinski definition) is 4. The first kappa shape index (κ1) is 21.8. The highest BCUT2D eigenvalue weighted by molar-refractivity contribution is 5.83. The van der Waals surface area contributed by atoms with E-state index in [1.54, 1.807) is 0 Å². The number of rotatable bonds is 5. The van der Waals surface area contributed by atoms with Crippen LogP contribution >= 0.6 is 0 Å². The van der Waals surface area contributed by atoms with Gasteiger partial charge in [-0.15, -0.1) is 0 Å². The summed E-state index contributed by atoms with van der Waals surface area (Å²) in [7, 11) is 0. The van der Waals surface area contributed by atoms with Gasteiger partial charge in [0, 0.05) is 17.9 Å². The summed E-state index contributed by atoms with van der Waals surface area (Å²) in [6.07, 6.45) is -1.66. The molecule has 0 bridgehead atoms. The lowest BCUT2D eigenvalue weighted by molar-refractivity contribution is 0.194. The number of carbonyl (C=O) groups is 1. The van der Waals surface area contributed by atoms with Crippen LogP contribution in [-0.2, 0) is 13.0 Å². The number of nitrogens with zero attached hydrogens (tertiary/aromatic N) is 4. The Morgan fingerprint density at radius 2 is 1.73 bits per heavy atom. The van der Waals surface area contributed by atoms with Gasteiger partial charge in [0.05, 0.1) is 23.3 Å². The van der Waals surface area contributed by atoms with Gasteiger partial charge in [0.15, 0.2) is 11.6 Å². The molecule has 0 aliphatic heterocycles. The fourth-order valence-corrected chi connectivity index (χ4v) is 3.30. The van der Waals surface area contributed by atoms with Gasteiger partial charge < -0.3 is 21.9 Å². The van der Waals surface area contributed by atoms with Gasteiger partial charge in [-0.1, -0.05) is 0 Å². The number of nitrogens with one attached hydrogen (secondary N) is 1. The minimum atomic E-state index is -1.37. The molecule has 2 heterocycles. The first-order chi connectivity index (χ1) is 15.6. The lowest BCUT2D eigenvalue weighted by Crippen LogP contribution is -2.23. The van der Waals surface area contributed by atoms with Gasteiger partial charge in [-0.05, 0) is 29.8 Å². The fourth-order valence-electron chi connectivity index (χ4n) is 3.30. The molecule has 0 saturated heterocycles. The lowest BCUT2D eigenvalue weighted by Gasteiger charge is -2.10. The van der Waals surface area contributed by atoms with Crippen LogP contribution in [-0.4, -0.2) is 30.9 Å². The van der Waals surface area contributed by atoms with E-state index in [0.717, 1.165) is 18.2 Å². The number of fused-ring (bicyclic) bond motifs is 1. The molecule has 0 saturated carbocycles. The smallest absolute Gasteiger partial charge is 0.404 e. The second-order valence-corrected chi connectivity index (χ2v) is 6.99. The van der Waals surface area contributed by atoms with Crippen LogP contribution in [0.1, 0.15) is 16.8 Å². The molecule has 2 aromatic heterocycles. The Morgan fingerprint density at radius 1 is 1.03 bits per heavy atom. The van der Waals surface area contributed by atoms with E-state index in [1.165, 1.54) is 10.7 Å². The van der Waals surface area contributed by atoms with Gasteiger partial charge >= 0.3 is 6.09 Å². The molecule has 4 rings (SSSR count). The van der Waals surface area contributed by atoms with Crippen molar-refractivity contribution in [2.45, 2.75) is 13.0 Å². The molecular formula is C20H15F4N7O2. The number of aromatic nitrogens is 4. The Balaban J connectivity index is 1.83. The van der Waals surface area contributed by atoms with Crippen LogP contribution in [0.15, 0.2) is 30.3 Å². The normalized spacial score (nSPS) is 11.2. The summed E-state index contributed by atoms with van der Waals surface area (Å²) in [5.41, 5.74) is 12.0. The standard InChI is InChI=1S/C20H15F4N7O2/c21-9-1-2-15-11(5-9)14(4-8-3-10(22)6-13(23)16(8)24)30-31(15)19-28-17(25)12(18(26)29-19)7-27-20(32)33/h1-3,5-6,27H,4,7H2,(H,32,33)(H4,25,26,28,29). The maximum absolute atomic E-state index is 14.2. The zero-order valence-corrected chi connectivity index (χ0v) is 16.6. The van der Waals surface area contributed by atoms with Crippen LogP contribution in [0.5, 0.6) is 0 Å². The van der Waals surface area contributed by atoms with Crippen LogP contribution in [0.25, 0.3) is 16.9 Å². The molecule has 0 aliphatic rings. The van der Waals surface area contributed by atoms with E-state index >= 15 is 0 Å². The largest absolute Gasteiger partial charge is 0.465 e. The molecule has 0 atom stereocenters. The summed E-state index contributed by atoms with van der Waals surface area (Å²) in [5, 5.41) is 15.3. The Morgan fingerprint density at radius 3 is 2.39 bits per heavy atom. The first-order valence-corrected chi connectivity index (χ1v) is 9.33. The van der Waals surface area contributed by atoms with Gasteiger partial charge in [-0.2, -0.15) is 19.7 Å². The number of halogens is 4. The van der Waals surface area contributed by atoms with E-state index in [9.17, 15) is 22.4 Å². The van der Waals surface area contributed by atoms with Gasteiger partial charge in [0.25, 0.3) is 5.95 Å². The van der Waals surface area contributed by atoms with Crippen molar-refractivity contribution in [3.63, 3.8) is 0 Å². The monoisotopic (exact) mass is 461 g/mol. The maximum atomic E-state index is 14.2. The van der Waals surface area contributed by atoms with Gasteiger partial charge in [0.2, 0.25) is 0 Å². The van der Waals surface area contributed by atoms with E-state index in [2.05, 4.69) is 20.4 Å². The van der Waals surface area contributed by atoms with Gasteiger partial charge in [0.1, 0.15) is 23.3 Å². The van der Waals surface area contributed by atoms with Crippen LogP contribution in [0.4, 0.5) is 34.0 Å². The molecule has 4 aromatic rings. The number of anilines is 2. The highest BCUT2D eigenvalue weighted by atomic mass is 19.2. The molecule has 2 aromatic carbocycles. The van der Waals surface area contributed by atoms with Crippen molar-refractivity contribution in [1.82, 2.24) is 25.1 Å². The zero-order valence-electron chi connectivity index (χ0n) is 16.6. The summed E-state index contributed by atoms with van der Waals surface area (Å²) in [4.78, 5) is 18.9. The number of nitrogens with two attached hydrogens (primary N) is 2. The molecule has 0 aliphatic carbocycles. The van der Waals surface area contributed by atoms with Crippen molar-refractivity contribution >= 4 is 28.6 Å². The van der Waals surface area contributed by atoms with Crippen molar-refractivity contribution < 1.29 is 27.5 Å². The summed E-state index contributed by atoms with van der Waals surface area (Å²) >= 11 is 0. The predicted octanol–water partition coefficient (Wildman–Crippen LogP) is 2.89. The molecular weight excluding hydrogens is 446 g/mol. The third kappa shape index (κ3) is 4.20. The average molecular weight is 461 g/mol. The van der Waals surface area contributed by atoms with Crippen LogP contribution in [0, 0.1) is 23.3 Å². The third-order valence-electron chi connectivity index (χ3n) is 4.81. The number of amides is 1. The second kappa shape index (κ2) is 8.26. The quantitative estimate of drug-likeness (QED) is 0.264. The molecule has 0 fully saturated rings. The topological polar surface area (TPSA) is 145 Å². The maximum Gasteiger partial charge on any atom is 0.404 e. The summed E-state index contributed by atoms with van der Waals surface area (Å²) < 4.78 is 56.6. The highest BCUT2D eigenvalue weighted by Crippen LogP contribution is 2.27. The van der Waals surface area contributed by atoms with E-state index in [-0.39, 0.29) is 52.8 Å². The van der Waals surface area contributed by atoms with Gasteiger partial charge in [-0.3, -0.25) is 0 Å². The van der Waals surface area contributed by atoms with E-state index in [1.807, 2.05) is 0 Å². The summed E-state index contributed by atoms with van der Waals surface area (Å²) in [6.45, 7) is -0.242. The molecule has 0 radical (unpaired) electrons. The summed E-state index contributed by atoms with van der Waals surface area (Å²) in [6, 6.07) is 4.86. The molecule has 0 unspecified atom stereocenters. The third-order valence-corrected chi connectivity index (χ3v) is 4.81. The van der Waals surface area contributed by atoms with Crippen molar-refractivity contribution in [1.29, 1.82) is 0 Å². The van der Waals surface area contributed by atoms with E-state index < -0.39 is 29.4 Å². The fraction of sp³-hybridized carbons (Fsp3) is 0.100. The average Bonchev–Trinajstić information content (AvgIpc) is 3.08. The molecule has 9 nitrogen and oxygen atoms in total. The number of benzene rings is 2. The number of carboxylic acid groups (broad SMARTS) is 1. The molecule has 0 spiro atoms. The SMILES string of the molecule is Nc1nc(-n2nc(Cc3cc(F)cc(F)c3F)c3cc(F)ccc32)nc(N)c1CNC(=O)O. The van der Waals surface area contributed by atoms with Crippen molar-refractivity contribution in [2.24, 2.45) is 0 Å². The number of nitrogen functional groups attached to an aromatic ring is 2.